The van der Waals surface area contributed by atoms with Gasteiger partial charge in [-0.3, -0.25) is 5.32 Å². The fourth-order valence-electron chi connectivity index (χ4n) is 1.66. The maximum atomic E-state index is 8.90. The van der Waals surface area contributed by atoms with Gasteiger partial charge in [-0.25, -0.2) is 0 Å². The van der Waals surface area contributed by atoms with Gasteiger partial charge in [0.1, 0.15) is 5.75 Å². The lowest BCUT2D eigenvalue weighted by atomic mass is 10.1. The van der Waals surface area contributed by atoms with Gasteiger partial charge in [-0.2, -0.15) is 5.26 Å². The summed E-state index contributed by atoms with van der Waals surface area (Å²) in [6.07, 6.45) is 0.802. The number of methoxy groups -OCH3 is 1. The molecular weight excluding hydrogens is 200 g/mol. The summed E-state index contributed by atoms with van der Waals surface area (Å²) in [4.78, 5) is 0. The highest BCUT2D eigenvalue weighted by molar-refractivity contribution is 5.35. The van der Waals surface area contributed by atoms with Crippen molar-refractivity contribution in [3.63, 3.8) is 0 Å². The van der Waals surface area contributed by atoms with Gasteiger partial charge in [0.25, 0.3) is 0 Å². The van der Waals surface area contributed by atoms with Gasteiger partial charge in [0, 0.05) is 11.6 Å². The first-order chi connectivity index (χ1) is 7.72. The average Bonchev–Trinajstić information content (AvgIpc) is 2.35. The highest BCUT2D eigenvalue weighted by Gasteiger charge is 2.14. The summed E-state index contributed by atoms with van der Waals surface area (Å²) in [7, 11) is 1.66. The Balaban J connectivity index is 2.80. The summed E-state index contributed by atoms with van der Waals surface area (Å²) >= 11 is 0. The quantitative estimate of drug-likeness (QED) is 0.826. The topological polar surface area (TPSA) is 45.0 Å². The zero-order valence-corrected chi connectivity index (χ0v) is 10.0. The molecule has 2 atom stereocenters. The predicted molar refractivity (Wildman–Crippen MR) is 64.2 cm³/mol. The zero-order chi connectivity index (χ0) is 12.0. The molecule has 0 bridgehead atoms. The molecule has 1 aromatic carbocycles. The van der Waals surface area contributed by atoms with Crippen LogP contribution in [-0.4, -0.2) is 13.2 Å². The van der Waals surface area contributed by atoms with Crippen molar-refractivity contribution in [1.29, 1.82) is 5.26 Å². The number of ether oxygens (including phenoxy) is 1. The van der Waals surface area contributed by atoms with Crippen LogP contribution in [0, 0.1) is 11.3 Å². The van der Waals surface area contributed by atoms with Gasteiger partial charge in [-0.1, -0.05) is 25.1 Å². The molecule has 0 heterocycles. The molecule has 0 spiro atoms. The van der Waals surface area contributed by atoms with Crippen molar-refractivity contribution in [3.8, 4) is 11.8 Å². The summed E-state index contributed by atoms with van der Waals surface area (Å²) in [6.45, 7) is 4.04. The van der Waals surface area contributed by atoms with Crippen molar-refractivity contribution < 1.29 is 4.74 Å². The SMILES string of the molecule is CCC(C#N)N[C@@H](C)c1ccccc1OC. The molecule has 0 radical (unpaired) electrons. The Labute approximate surface area is 97.0 Å². The van der Waals surface area contributed by atoms with E-state index in [1.807, 2.05) is 38.1 Å². The van der Waals surface area contributed by atoms with Crippen LogP contribution in [0.1, 0.15) is 31.9 Å². The second-order valence-corrected chi connectivity index (χ2v) is 3.72. The predicted octanol–water partition coefficient (Wildman–Crippen LogP) is 2.65. The lowest BCUT2D eigenvalue weighted by Gasteiger charge is -2.19. The van der Waals surface area contributed by atoms with E-state index in [0.717, 1.165) is 17.7 Å². The van der Waals surface area contributed by atoms with Crippen LogP contribution in [-0.2, 0) is 0 Å². The fourth-order valence-corrected chi connectivity index (χ4v) is 1.66. The van der Waals surface area contributed by atoms with Crippen LogP contribution in [0.3, 0.4) is 0 Å². The van der Waals surface area contributed by atoms with Crippen molar-refractivity contribution >= 4 is 0 Å². The molecule has 0 aromatic heterocycles. The third kappa shape index (κ3) is 2.98. The molecule has 0 fully saturated rings. The third-order valence-corrected chi connectivity index (χ3v) is 2.62. The summed E-state index contributed by atoms with van der Waals surface area (Å²) in [5, 5.41) is 12.2. The minimum absolute atomic E-state index is 0.111. The molecule has 0 aliphatic heterocycles. The normalized spacial score (nSPS) is 13.9. The molecule has 0 saturated carbocycles. The van der Waals surface area contributed by atoms with E-state index >= 15 is 0 Å². The number of nitrogens with one attached hydrogen (secondary N) is 1. The van der Waals surface area contributed by atoms with Crippen LogP contribution >= 0.6 is 0 Å². The largest absolute Gasteiger partial charge is 0.496 e. The van der Waals surface area contributed by atoms with E-state index in [1.165, 1.54) is 0 Å². The van der Waals surface area contributed by atoms with Crippen molar-refractivity contribution in [2.24, 2.45) is 0 Å². The van der Waals surface area contributed by atoms with Gasteiger partial charge in [0.05, 0.1) is 19.2 Å². The number of rotatable bonds is 5. The molecule has 1 rings (SSSR count). The van der Waals surface area contributed by atoms with Gasteiger partial charge < -0.3 is 4.74 Å². The molecule has 16 heavy (non-hydrogen) atoms. The maximum Gasteiger partial charge on any atom is 0.123 e. The maximum absolute atomic E-state index is 8.90. The molecule has 0 amide bonds. The Bertz CT molecular complexity index is 370. The first-order valence-corrected chi connectivity index (χ1v) is 5.51. The van der Waals surface area contributed by atoms with E-state index in [9.17, 15) is 0 Å². The van der Waals surface area contributed by atoms with Gasteiger partial charge in [0.15, 0.2) is 0 Å². The average molecular weight is 218 g/mol. The molecule has 1 aromatic rings. The zero-order valence-electron chi connectivity index (χ0n) is 10.0. The summed E-state index contributed by atoms with van der Waals surface area (Å²) in [6, 6.07) is 10.1. The fraction of sp³-hybridized carbons (Fsp3) is 0.462. The molecule has 86 valence electrons. The van der Waals surface area contributed by atoms with E-state index in [1.54, 1.807) is 7.11 Å². The molecular formula is C13H18N2O. The second kappa shape index (κ2) is 6.14. The van der Waals surface area contributed by atoms with Crippen LogP contribution in [0.2, 0.25) is 0 Å². The van der Waals surface area contributed by atoms with Gasteiger partial charge in [0.2, 0.25) is 0 Å². The number of hydrogen-bond donors (Lipinski definition) is 1. The molecule has 0 saturated heterocycles. The van der Waals surface area contributed by atoms with E-state index in [2.05, 4.69) is 11.4 Å². The van der Waals surface area contributed by atoms with Gasteiger partial charge in [-0.15, -0.1) is 0 Å². The van der Waals surface area contributed by atoms with Crippen LogP contribution in [0.4, 0.5) is 0 Å². The molecule has 3 nitrogen and oxygen atoms in total. The first kappa shape index (κ1) is 12.5. The van der Waals surface area contributed by atoms with Crippen molar-refractivity contribution in [2.45, 2.75) is 32.4 Å². The van der Waals surface area contributed by atoms with Crippen LogP contribution in [0.25, 0.3) is 0 Å². The molecule has 0 aliphatic carbocycles. The molecule has 1 N–H and O–H groups in total. The van der Waals surface area contributed by atoms with E-state index in [-0.39, 0.29) is 12.1 Å². The van der Waals surface area contributed by atoms with E-state index < -0.39 is 0 Å². The number of benzene rings is 1. The highest BCUT2D eigenvalue weighted by Crippen LogP contribution is 2.24. The Kier molecular flexibility index (Phi) is 4.81. The second-order valence-electron chi connectivity index (χ2n) is 3.72. The summed E-state index contributed by atoms with van der Waals surface area (Å²) < 4.78 is 5.29. The standard InChI is InChI=1S/C13H18N2O/c1-4-11(9-14)15-10(2)12-7-5-6-8-13(12)16-3/h5-8,10-11,15H,4H2,1-3H3/t10-,11?/m0/s1. The van der Waals surface area contributed by atoms with Crippen LogP contribution < -0.4 is 10.1 Å². The Morgan fingerprint density at radius 1 is 1.44 bits per heavy atom. The van der Waals surface area contributed by atoms with Crippen LogP contribution in [0.5, 0.6) is 5.75 Å². The third-order valence-electron chi connectivity index (χ3n) is 2.62. The number of hydrogen-bond acceptors (Lipinski definition) is 3. The minimum atomic E-state index is -0.111. The van der Waals surface area contributed by atoms with E-state index in [4.69, 9.17) is 10.00 Å². The molecule has 3 heteroatoms. The van der Waals surface area contributed by atoms with Crippen molar-refractivity contribution in [3.05, 3.63) is 29.8 Å². The van der Waals surface area contributed by atoms with Crippen molar-refractivity contribution in [2.75, 3.05) is 7.11 Å². The van der Waals surface area contributed by atoms with E-state index in [0.29, 0.717) is 0 Å². The Morgan fingerprint density at radius 3 is 2.69 bits per heavy atom. The molecule has 0 aliphatic rings. The number of para-hydroxylation sites is 1. The monoisotopic (exact) mass is 218 g/mol. The lowest BCUT2D eigenvalue weighted by molar-refractivity contribution is 0.398. The Hall–Kier alpha value is -1.53. The van der Waals surface area contributed by atoms with Gasteiger partial charge in [-0.05, 0) is 19.4 Å². The van der Waals surface area contributed by atoms with Crippen LogP contribution in [0.15, 0.2) is 24.3 Å². The lowest BCUT2D eigenvalue weighted by Crippen LogP contribution is -2.29. The summed E-state index contributed by atoms with van der Waals surface area (Å²) in [5.41, 5.74) is 1.08. The minimum Gasteiger partial charge on any atom is -0.496 e. The Morgan fingerprint density at radius 2 is 2.12 bits per heavy atom. The summed E-state index contributed by atoms with van der Waals surface area (Å²) in [5.74, 6) is 0.857. The highest BCUT2D eigenvalue weighted by atomic mass is 16.5. The number of nitriles is 1. The van der Waals surface area contributed by atoms with Gasteiger partial charge >= 0.3 is 0 Å². The first-order valence-electron chi connectivity index (χ1n) is 5.51. The number of nitrogens with zero attached hydrogens (tertiary/aromatic N) is 1. The van der Waals surface area contributed by atoms with Crippen molar-refractivity contribution in [1.82, 2.24) is 5.32 Å². The molecule has 1 unspecified atom stereocenters. The smallest absolute Gasteiger partial charge is 0.123 e.